The highest BCUT2D eigenvalue weighted by Crippen LogP contribution is 2.13. The van der Waals surface area contributed by atoms with E-state index in [1.807, 2.05) is 7.05 Å². The molecule has 0 amide bonds. The van der Waals surface area contributed by atoms with Crippen LogP contribution in [0.25, 0.3) is 0 Å². The van der Waals surface area contributed by atoms with E-state index in [0.29, 0.717) is 0 Å². The van der Waals surface area contributed by atoms with Crippen LogP contribution < -0.4 is 0 Å². The molecular formula is C6H11N. The Bertz CT molecular complexity index is 76.2. The van der Waals surface area contributed by atoms with Crippen LogP contribution in [0.3, 0.4) is 0 Å². The van der Waals surface area contributed by atoms with E-state index in [1.54, 1.807) is 0 Å². The lowest BCUT2D eigenvalue weighted by molar-refractivity contribution is 0.886. The van der Waals surface area contributed by atoms with Crippen molar-refractivity contribution in [3.63, 3.8) is 0 Å². The Kier molecular flexibility index (Phi) is 1.45. The molecule has 0 N–H and O–H groups in total. The molecule has 1 aliphatic rings. The highest BCUT2D eigenvalue weighted by Gasteiger charge is 2.04. The van der Waals surface area contributed by atoms with Crippen LogP contribution in [0.15, 0.2) is 4.99 Å². The van der Waals surface area contributed by atoms with Crippen LogP contribution in [0, 0.1) is 0 Å². The molecule has 0 bridgehead atoms. The number of nitrogens with zero attached hydrogens (tertiary/aromatic N) is 1. The summed E-state index contributed by atoms with van der Waals surface area (Å²) < 4.78 is 0. The molecule has 0 heterocycles. The van der Waals surface area contributed by atoms with E-state index < -0.39 is 0 Å². The van der Waals surface area contributed by atoms with Crippen molar-refractivity contribution in [2.24, 2.45) is 4.99 Å². The normalized spacial score (nSPS) is 20.4. The van der Waals surface area contributed by atoms with Gasteiger partial charge in [0.15, 0.2) is 0 Å². The minimum absolute atomic E-state index is 1.26. The first-order valence-corrected chi connectivity index (χ1v) is 2.88. The van der Waals surface area contributed by atoms with Gasteiger partial charge in [0.05, 0.1) is 0 Å². The van der Waals surface area contributed by atoms with Gasteiger partial charge in [-0.05, 0) is 25.7 Å². The highest BCUT2D eigenvalue weighted by atomic mass is 14.7. The number of hydrogen-bond acceptors (Lipinski definition) is 1. The Balaban J connectivity index is 2.41. The molecule has 0 aliphatic heterocycles. The van der Waals surface area contributed by atoms with Gasteiger partial charge in [-0.25, -0.2) is 0 Å². The van der Waals surface area contributed by atoms with Gasteiger partial charge in [0.25, 0.3) is 0 Å². The lowest BCUT2D eigenvalue weighted by Crippen LogP contribution is -1.84. The van der Waals surface area contributed by atoms with E-state index in [1.165, 1.54) is 31.4 Å². The fourth-order valence-electron chi connectivity index (χ4n) is 1.01. The predicted molar refractivity (Wildman–Crippen MR) is 31.8 cm³/mol. The van der Waals surface area contributed by atoms with E-state index in [0.717, 1.165) is 0 Å². The Hall–Kier alpha value is -0.330. The van der Waals surface area contributed by atoms with Crippen molar-refractivity contribution in [2.45, 2.75) is 25.7 Å². The molecule has 1 fully saturated rings. The summed E-state index contributed by atoms with van der Waals surface area (Å²) in [7, 11) is 1.89. The van der Waals surface area contributed by atoms with E-state index >= 15 is 0 Å². The van der Waals surface area contributed by atoms with Gasteiger partial charge in [-0.2, -0.15) is 0 Å². The van der Waals surface area contributed by atoms with Gasteiger partial charge in [-0.15, -0.1) is 0 Å². The van der Waals surface area contributed by atoms with E-state index in [2.05, 4.69) is 4.99 Å². The number of rotatable bonds is 0. The number of aliphatic imine (C=N–C) groups is 1. The van der Waals surface area contributed by atoms with Crippen molar-refractivity contribution in [1.82, 2.24) is 0 Å². The summed E-state index contributed by atoms with van der Waals surface area (Å²) in [6, 6.07) is 0. The summed E-state index contributed by atoms with van der Waals surface area (Å²) in [4.78, 5) is 4.10. The van der Waals surface area contributed by atoms with Gasteiger partial charge >= 0.3 is 0 Å². The molecule has 0 atom stereocenters. The quantitative estimate of drug-likeness (QED) is 0.435. The molecule has 1 aliphatic carbocycles. The largest absolute Gasteiger partial charge is 0.297 e. The third kappa shape index (κ3) is 1.02. The van der Waals surface area contributed by atoms with Crippen LogP contribution in [0.1, 0.15) is 25.7 Å². The second-order valence-corrected chi connectivity index (χ2v) is 2.00. The van der Waals surface area contributed by atoms with Gasteiger partial charge in [0.2, 0.25) is 0 Å². The minimum Gasteiger partial charge on any atom is -0.297 e. The first kappa shape index (κ1) is 4.82. The SMILES string of the molecule is CN=C1CCCC1. The van der Waals surface area contributed by atoms with Crippen LogP contribution in [0.2, 0.25) is 0 Å². The summed E-state index contributed by atoms with van der Waals surface area (Å²) in [6.07, 6.45) is 5.26. The van der Waals surface area contributed by atoms with Gasteiger partial charge in [0.1, 0.15) is 0 Å². The maximum Gasteiger partial charge on any atom is 0.0276 e. The summed E-state index contributed by atoms with van der Waals surface area (Å²) in [6.45, 7) is 0. The van der Waals surface area contributed by atoms with E-state index in [-0.39, 0.29) is 0 Å². The lowest BCUT2D eigenvalue weighted by atomic mass is 10.3. The minimum atomic E-state index is 1.26. The Morgan fingerprint density at radius 3 is 2.14 bits per heavy atom. The standard InChI is InChI=1S/C6H11N/c1-7-6-4-2-3-5-6/h2-5H2,1H3. The van der Waals surface area contributed by atoms with Gasteiger partial charge in [0, 0.05) is 12.8 Å². The Morgan fingerprint density at radius 2 is 1.86 bits per heavy atom. The van der Waals surface area contributed by atoms with Gasteiger partial charge in [-0.1, -0.05) is 0 Å². The van der Waals surface area contributed by atoms with Crippen molar-refractivity contribution in [1.29, 1.82) is 0 Å². The zero-order chi connectivity index (χ0) is 5.11. The molecule has 1 heteroatoms. The van der Waals surface area contributed by atoms with E-state index in [9.17, 15) is 0 Å². The highest BCUT2D eigenvalue weighted by molar-refractivity contribution is 5.85. The van der Waals surface area contributed by atoms with Crippen LogP contribution in [-0.2, 0) is 0 Å². The lowest BCUT2D eigenvalue weighted by Gasteiger charge is -1.84. The van der Waals surface area contributed by atoms with Gasteiger partial charge in [-0.3, -0.25) is 4.99 Å². The maximum absolute atomic E-state index is 4.10. The summed E-state index contributed by atoms with van der Waals surface area (Å²) >= 11 is 0. The maximum atomic E-state index is 4.10. The summed E-state index contributed by atoms with van der Waals surface area (Å²) in [5.41, 5.74) is 1.42. The molecule has 0 spiro atoms. The molecular weight excluding hydrogens is 86.1 g/mol. The van der Waals surface area contributed by atoms with Crippen LogP contribution >= 0.6 is 0 Å². The molecule has 0 aromatic heterocycles. The summed E-state index contributed by atoms with van der Waals surface area (Å²) in [5.74, 6) is 0. The first-order valence-electron chi connectivity index (χ1n) is 2.88. The summed E-state index contributed by atoms with van der Waals surface area (Å²) in [5, 5.41) is 0. The fourth-order valence-corrected chi connectivity index (χ4v) is 1.01. The molecule has 0 aromatic rings. The van der Waals surface area contributed by atoms with Crippen molar-refractivity contribution in [3.8, 4) is 0 Å². The van der Waals surface area contributed by atoms with Gasteiger partial charge < -0.3 is 0 Å². The molecule has 7 heavy (non-hydrogen) atoms. The molecule has 0 aromatic carbocycles. The van der Waals surface area contributed by atoms with Crippen molar-refractivity contribution in [3.05, 3.63) is 0 Å². The van der Waals surface area contributed by atoms with Crippen molar-refractivity contribution < 1.29 is 0 Å². The Morgan fingerprint density at radius 1 is 1.29 bits per heavy atom. The monoisotopic (exact) mass is 97.1 g/mol. The average molecular weight is 97.2 g/mol. The molecule has 1 rings (SSSR count). The zero-order valence-electron chi connectivity index (χ0n) is 4.78. The van der Waals surface area contributed by atoms with Crippen LogP contribution in [-0.4, -0.2) is 12.8 Å². The molecule has 1 saturated carbocycles. The van der Waals surface area contributed by atoms with E-state index in [4.69, 9.17) is 0 Å². The molecule has 0 radical (unpaired) electrons. The van der Waals surface area contributed by atoms with Crippen LogP contribution in [0.5, 0.6) is 0 Å². The average Bonchev–Trinajstić information content (AvgIpc) is 2.14. The molecule has 40 valence electrons. The third-order valence-corrected chi connectivity index (χ3v) is 1.50. The zero-order valence-corrected chi connectivity index (χ0v) is 4.78. The van der Waals surface area contributed by atoms with Crippen LogP contribution in [0.4, 0.5) is 0 Å². The predicted octanol–water partition coefficient (Wildman–Crippen LogP) is 1.63. The smallest absolute Gasteiger partial charge is 0.0276 e. The molecule has 0 unspecified atom stereocenters. The Labute approximate surface area is 44.5 Å². The molecule has 1 nitrogen and oxygen atoms in total. The number of hydrogen-bond donors (Lipinski definition) is 0. The molecule has 0 saturated heterocycles. The van der Waals surface area contributed by atoms with Crippen molar-refractivity contribution in [2.75, 3.05) is 7.05 Å². The second kappa shape index (κ2) is 2.10. The topological polar surface area (TPSA) is 12.4 Å². The third-order valence-electron chi connectivity index (χ3n) is 1.50. The second-order valence-electron chi connectivity index (χ2n) is 2.00. The first-order chi connectivity index (χ1) is 3.43. The van der Waals surface area contributed by atoms with Crippen molar-refractivity contribution >= 4 is 5.71 Å². The fraction of sp³-hybridized carbons (Fsp3) is 0.833.